The molecule has 21 heavy (non-hydrogen) atoms. The van der Waals surface area contributed by atoms with Crippen LogP contribution in [0.2, 0.25) is 0 Å². The third-order valence-electron chi connectivity index (χ3n) is 5.12. The standard InChI is InChI=1S/C17H26N2O2/c1-12-2-4-14(5-3-12)21-15-7-9-19-13(10-15)11-17(20)8-6-16(17)18/h7,9-10,12,14,16,20H,2-6,8,11,18H2,1H3/t12?,14?,16-,17+/m0/s1. The highest BCUT2D eigenvalue weighted by molar-refractivity contribution is 5.25. The third-order valence-corrected chi connectivity index (χ3v) is 5.12. The van der Waals surface area contributed by atoms with Crippen LogP contribution in [-0.4, -0.2) is 27.8 Å². The van der Waals surface area contributed by atoms with Crippen molar-refractivity contribution < 1.29 is 9.84 Å². The molecule has 3 rings (SSSR count). The Labute approximate surface area is 126 Å². The van der Waals surface area contributed by atoms with Crippen LogP contribution in [0, 0.1) is 5.92 Å². The summed E-state index contributed by atoms with van der Waals surface area (Å²) in [6.45, 7) is 2.31. The number of hydrogen-bond acceptors (Lipinski definition) is 4. The monoisotopic (exact) mass is 290 g/mol. The predicted molar refractivity (Wildman–Crippen MR) is 82.1 cm³/mol. The molecule has 0 amide bonds. The zero-order chi connectivity index (χ0) is 14.9. The van der Waals surface area contributed by atoms with Gasteiger partial charge in [0.15, 0.2) is 0 Å². The average molecular weight is 290 g/mol. The lowest BCUT2D eigenvalue weighted by atomic mass is 9.72. The number of rotatable bonds is 4. The molecule has 2 aliphatic rings. The predicted octanol–water partition coefficient (Wildman–Crippen LogP) is 2.43. The van der Waals surface area contributed by atoms with Crippen molar-refractivity contribution in [2.75, 3.05) is 0 Å². The van der Waals surface area contributed by atoms with Gasteiger partial charge in [-0.2, -0.15) is 0 Å². The van der Waals surface area contributed by atoms with Crippen molar-refractivity contribution in [3.8, 4) is 5.75 Å². The van der Waals surface area contributed by atoms with E-state index >= 15 is 0 Å². The van der Waals surface area contributed by atoms with E-state index in [1.807, 2.05) is 12.1 Å². The van der Waals surface area contributed by atoms with Crippen LogP contribution in [0.3, 0.4) is 0 Å². The summed E-state index contributed by atoms with van der Waals surface area (Å²) in [6.07, 6.45) is 9.03. The van der Waals surface area contributed by atoms with Gasteiger partial charge in [0.2, 0.25) is 0 Å². The summed E-state index contributed by atoms with van der Waals surface area (Å²) in [4.78, 5) is 4.35. The molecule has 0 spiro atoms. The molecule has 0 bridgehead atoms. The fraction of sp³-hybridized carbons (Fsp3) is 0.706. The van der Waals surface area contributed by atoms with Crippen molar-refractivity contribution in [1.82, 2.24) is 4.98 Å². The van der Waals surface area contributed by atoms with Gasteiger partial charge in [0.05, 0.1) is 11.7 Å². The molecular formula is C17H26N2O2. The highest BCUT2D eigenvalue weighted by atomic mass is 16.5. The van der Waals surface area contributed by atoms with E-state index in [4.69, 9.17) is 10.5 Å². The minimum absolute atomic E-state index is 0.122. The smallest absolute Gasteiger partial charge is 0.123 e. The Hall–Kier alpha value is -1.13. The summed E-state index contributed by atoms with van der Waals surface area (Å²) in [7, 11) is 0. The first kappa shape index (κ1) is 14.8. The normalized spacial score (nSPS) is 36.0. The van der Waals surface area contributed by atoms with E-state index < -0.39 is 5.60 Å². The van der Waals surface area contributed by atoms with Gasteiger partial charge >= 0.3 is 0 Å². The van der Waals surface area contributed by atoms with E-state index in [-0.39, 0.29) is 6.04 Å². The van der Waals surface area contributed by atoms with Crippen molar-refractivity contribution in [1.29, 1.82) is 0 Å². The summed E-state index contributed by atoms with van der Waals surface area (Å²) < 4.78 is 6.08. The highest BCUT2D eigenvalue weighted by Crippen LogP contribution is 2.34. The molecule has 4 heteroatoms. The third kappa shape index (κ3) is 3.38. The Morgan fingerprint density at radius 3 is 2.71 bits per heavy atom. The summed E-state index contributed by atoms with van der Waals surface area (Å²) in [5.41, 5.74) is 5.99. The molecule has 0 radical (unpaired) electrons. The molecular weight excluding hydrogens is 264 g/mol. The molecule has 2 atom stereocenters. The maximum Gasteiger partial charge on any atom is 0.123 e. The molecule has 3 N–H and O–H groups in total. The minimum atomic E-state index is -0.772. The number of nitrogens with zero attached hydrogens (tertiary/aromatic N) is 1. The van der Waals surface area contributed by atoms with Crippen LogP contribution >= 0.6 is 0 Å². The lowest BCUT2D eigenvalue weighted by Crippen LogP contribution is -2.58. The molecule has 0 saturated heterocycles. The van der Waals surface area contributed by atoms with Gasteiger partial charge in [-0.25, -0.2) is 0 Å². The molecule has 1 heterocycles. The maximum atomic E-state index is 10.4. The number of ether oxygens (including phenoxy) is 1. The van der Waals surface area contributed by atoms with E-state index in [0.29, 0.717) is 12.5 Å². The number of aromatic nitrogens is 1. The second-order valence-corrected chi connectivity index (χ2v) is 6.91. The molecule has 2 fully saturated rings. The molecule has 0 unspecified atom stereocenters. The van der Waals surface area contributed by atoms with Crippen LogP contribution in [0.1, 0.15) is 51.1 Å². The van der Waals surface area contributed by atoms with E-state index in [2.05, 4.69) is 11.9 Å². The quantitative estimate of drug-likeness (QED) is 0.893. The van der Waals surface area contributed by atoms with Gasteiger partial charge in [0.1, 0.15) is 5.75 Å². The van der Waals surface area contributed by atoms with Crippen LogP contribution in [0.25, 0.3) is 0 Å². The first-order valence-electron chi connectivity index (χ1n) is 8.15. The number of aliphatic hydroxyl groups is 1. The summed E-state index contributed by atoms with van der Waals surface area (Å²) in [5, 5.41) is 10.4. The largest absolute Gasteiger partial charge is 0.490 e. The molecule has 1 aromatic rings. The van der Waals surface area contributed by atoms with Crippen molar-refractivity contribution in [3.63, 3.8) is 0 Å². The topological polar surface area (TPSA) is 68.4 Å². The number of hydrogen-bond donors (Lipinski definition) is 2. The summed E-state index contributed by atoms with van der Waals surface area (Å²) >= 11 is 0. The van der Waals surface area contributed by atoms with Gasteiger partial charge < -0.3 is 15.6 Å². The van der Waals surface area contributed by atoms with Crippen LogP contribution in [0.15, 0.2) is 18.3 Å². The summed E-state index contributed by atoms with van der Waals surface area (Å²) in [5.74, 6) is 1.70. The second-order valence-electron chi connectivity index (χ2n) is 6.91. The zero-order valence-electron chi connectivity index (χ0n) is 12.8. The van der Waals surface area contributed by atoms with Crippen LogP contribution < -0.4 is 10.5 Å². The minimum Gasteiger partial charge on any atom is -0.490 e. The maximum absolute atomic E-state index is 10.4. The SMILES string of the molecule is CC1CCC(Oc2ccnc(C[C@]3(O)CC[C@@H]3N)c2)CC1. The fourth-order valence-corrected chi connectivity index (χ4v) is 3.34. The Balaban J connectivity index is 1.61. The van der Waals surface area contributed by atoms with Crippen molar-refractivity contribution in [2.45, 2.75) is 69.6 Å². The Morgan fingerprint density at radius 2 is 2.10 bits per heavy atom. The van der Waals surface area contributed by atoms with E-state index in [0.717, 1.165) is 43.0 Å². The highest BCUT2D eigenvalue weighted by Gasteiger charge is 2.43. The second kappa shape index (κ2) is 5.93. The first-order valence-corrected chi connectivity index (χ1v) is 8.15. The zero-order valence-corrected chi connectivity index (χ0v) is 12.8. The first-order chi connectivity index (χ1) is 10.0. The van der Waals surface area contributed by atoms with E-state index in [1.54, 1.807) is 6.20 Å². The van der Waals surface area contributed by atoms with Gasteiger partial charge in [0, 0.05) is 30.4 Å². The summed E-state index contributed by atoms with van der Waals surface area (Å²) in [6, 6.07) is 3.75. The molecule has 0 aromatic carbocycles. The molecule has 0 aliphatic heterocycles. The Morgan fingerprint density at radius 1 is 1.33 bits per heavy atom. The van der Waals surface area contributed by atoms with Gasteiger partial charge in [-0.15, -0.1) is 0 Å². The Bertz CT molecular complexity index is 485. The number of pyridine rings is 1. The van der Waals surface area contributed by atoms with Gasteiger partial charge in [-0.1, -0.05) is 6.92 Å². The van der Waals surface area contributed by atoms with Gasteiger partial charge in [-0.05, 0) is 50.5 Å². The van der Waals surface area contributed by atoms with Crippen LogP contribution in [0.4, 0.5) is 0 Å². The van der Waals surface area contributed by atoms with E-state index in [1.165, 1.54) is 12.8 Å². The van der Waals surface area contributed by atoms with Crippen molar-refractivity contribution in [2.24, 2.45) is 11.7 Å². The lowest BCUT2D eigenvalue weighted by molar-refractivity contribution is -0.0541. The molecule has 2 saturated carbocycles. The number of nitrogens with two attached hydrogens (primary N) is 1. The van der Waals surface area contributed by atoms with Crippen molar-refractivity contribution >= 4 is 0 Å². The average Bonchev–Trinajstić information content (AvgIpc) is 2.48. The molecule has 4 nitrogen and oxygen atoms in total. The molecule has 1 aromatic heterocycles. The molecule has 116 valence electrons. The van der Waals surface area contributed by atoms with Crippen LogP contribution in [-0.2, 0) is 6.42 Å². The fourth-order valence-electron chi connectivity index (χ4n) is 3.34. The van der Waals surface area contributed by atoms with Crippen molar-refractivity contribution in [3.05, 3.63) is 24.0 Å². The Kier molecular flexibility index (Phi) is 4.18. The van der Waals surface area contributed by atoms with Gasteiger partial charge in [0.25, 0.3) is 0 Å². The van der Waals surface area contributed by atoms with Gasteiger partial charge in [-0.3, -0.25) is 4.98 Å². The lowest BCUT2D eigenvalue weighted by Gasteiger charge is -2.43. The van der Waals surface area contributed by atoms with Crippen LogP contribution in [0.5, 0.6) is 5.75 Å². The van der Waals surface area contributed by atoms with E-state index in [9.17, 15) is 5.11 Å². The molecule has 2 aliphatic carbocycles.